The monoisotopic (exact) mass is 234 g/mol. The summed E-state index contributed by atoms with van der Waals surface area (Å²) in [6.07, 6.45) is 12.5. The van der Waals surface area contributed by atoms with Gasteiger partial charge in [-0.15, -0.1) is 0 Å². The Kier molecular flexibility index (Phi) is 4.66. The zero-order valence-electron chi connectivity index (χ0n) is 11.4. The predicted octanol–water partition coefficient (Wildman–Crippen LogP) is 3.22. The molecule has 0 radical (unpaired) electrons. The summed E-state index contributed by atoms with van der Waals surface area (Å²) in [4.78, 5) is 2.72. The molecule has 2 rings (SSSR count). The average molecular weight is 234 g/mol. The molecule has 2 heteroatoms. The minimum Gasteiger partial charge on any atom is -0.357 e. The fraction of sp³-hybridized carbons (Fsp3) is 0.733. The van der Waals surface area contributed by atoms with Crippen molar-refractivity contribution in [3.8, 4) is 0 Å². The zero-order valence-corrected chi connectivity index (χ0v) is 11.4. The Labute approximate surface area is 106 Å². The van der Waals surface area contributed by atoms with Crippen LogP contribution in [-0.4, -0.2) is 28.6 Å². The molecule has 0 aliphatic carbocycles. The Bertz CT molecular complexity index is 323. The molecule has 1 saturated heterocycles. The SMILES string of the molecule is CCCC(Cc1ccn(C)c1)N1CCCCC1. The molecule has 0 bridgehead atoms. The lowest BCUT2D eigenvalue weighted by Gasteiger charge is -2.34. The van der Waals surface area contributed by atoms with Gasteiger partial charge in [-0.2, -0.15) is 0 Å². The van der Waals surface area contributed by atoms with E-state index in [1.165, 1.54) is 57.2 Å². The van der Waals surface area contributed by atoms with Crippen molar-refractivity contribution in [3.63, 3.8) is 0 Å². The molecule has 0 aromatic carbocycles. The van der Waals surface area contributed by atoms with Crippen LogP contribution in [0.3, 0.4) is 0 Å². The van der Waals surface area contributed by atoms with E-state index < -0.39 is 0 Å². The number of piperidine rings is 1. The molecule has 0 amide bonds. The number of nitrogens with zero attached hydrogens (tertiary/aromatic N) is 2. The van der Waals surface area contributed by atoms with Crippen molar-refractivity contribution in [2.24, 2.45) is 7.05 Å². The minimum atomic E-state index is 0.766. The minimum absolute atomic E-state index is 0.766. The molecule has 17 heavy (non-hydrogen) atoms. The first-order valence-electron chi connectivity index (χ1n) is 7.14. The van der Waals surface area contributed by atoms with Crippen molar-refractivity contribution in [3.05, 3.63) is 24.0 Å². The number of hydrogen-bond acceptors (Lipinski definition) is 1. The van der Waals surface area contributed by atoms with Gasteiger partial charge in [-0.25, -0.2) is 0 Å². The van der Waals surface area contributed by atoms with Crippen molar-refractivity contribution in [1.82, 2.24) is 9.47 Å². The molecule has 1 aromatic rings. The van der Waals surface area contributed by atoms with E-state index in [-0.39, 0.29) is 0 Å². The van der Waals surface area contributed by atoms with Gasteiger partial charge in [-0.1, -0.05) is 19.8 Å². The molecular formula is C15H26N2. The molecule has 2 heterocycles. The van der Waals surface area contributed by atoms with Crippen LogP contribution >= 0.6 is 0 Å². The van der Waals surface area contributed by atoms with Crippen LogP contribution < -0.4 is 0 Å². The van der Waals surface area contributed by atoms with Gasteiger partial charge in [0.25, 0.3) is 0 Å². The molecule has 1 atom stereocenters. The highest BCUT2D eigenvalue weighted by Gasteiger charge is 2.20. The Morgan fingerprint density at radius 3 is 2.59 bits per heavy atom. The van der Waals surface area contributed by atoms with E-state index in [1.54, 1.807) is 0 Å². The van der Waals surface area contributed by atoms with Crippen LogP contribution in [0.4, 0.5) is 0 Å². The molecule has 2 nitrogen and oxygen atoms in total. The molecule has 1 aliphatic rings. The smallest absolute Gasteiger partial charge is 0.0136 e. The molecule has 96 valence electrons. The highest BCUT2D eigenvalue weighted by atomic mass is 15.2. The molecule has 1 fully saturated rings. The van der Waals surface area contributed by atoms with Crippen LogP contribution in [-0.2, 0) is 13.5 Å². The van der Waals surface area contributed by atoms with Gasteiger partial charge in [0, 0.05) is 25.5 Å². The van der Waals surface area contributed by atoms with Gasteiger partial charge >= 0.3 is 0 Å². The lowest BCUT2D eigenvalue weighted by Crippen LogP contribution is -2.40. The number of likely N-dealkylation sites (tertiary alicyclic amines) is 1. The van der Waals surface area contributed by atoms with Crippen LogP contribution in [0.5, 0.6) is 0 Å². The number of hydrogen-bond donors (Lipinski definition) is 0. The van der Waals surface area contributed by atoms with Gasteiger partial charge in [0.15, 0.2) is 0 Å². The fourth-order valence-electron chi connectivity index (χ4n) is 2.98. The summed E-state index contributed by atoms with van der Waals surface area (Å²) in [6, 6.07) is 3.04. The zero-order chi connectivity index (χ0) is 12.1. The third kappa shape index (κ3) is 3.60. The maximum atomic E-state index is 2.72. The summed E-state index contributed by atoms with van der Waals surface area (Å²) >= 11 is 0. The molecule has 1 aliphatic heterocycles. The van der Waals surface area contributed by atoms with Gasteiger partial charge in [-0.3, -0.25) is 0 Å². The Morgan fingerprint density at radius 1 is 1.24 bits per heavy atom. The molecule has 1 aromatic heterocycles. The van der Waals surface area contributed by atoms with Crippen molar-refractivity contribution in [2.45, 2.75) is 51.5 Å². The summed E-state index contributed by atoms with van der Waals surface area (Å²) in [5.41, 5.74) is 1.50. The molecule has 1 unspecified atom stereocenters. The van der Waals surface area contributed by atoms with E-state index >= 15 is 0 Å². The highest BCUT2D eigenvalue weighted by molar-refractivity contribution is 5.11. The van der Waals surface area contributed by atoms with Crippen LogP contribution in [0.15, 0.2) is 18.5 Å². The van der Waals surface area contributed by atoms with Gasteiger partial charge in [0.2, 0.25) is 0 Å². The summed E-state index contributed by atoms with van der Waals surface area (Å²) in [7, 11) is 2.11. The normalized spacial score (nSPS) is 19.4. The van der Waals surface area contributed by atoms with E-state index in [1.807, 2.05) is 0 Å². The summed E-state index contributed by atoms with van der Waals surface area (Å²) in [6.45, 7) is 4.94. The number of rotatable bonds is 5. The summed E-state index contributed by atoms with van der Waals surface area (Å²) in [5.74, 6) is 0. The fourth-order valence-corrected chi connectivity index (χ4v) is 2.98. The van der Waals surface area contributed by atoms with Crippen molar-refractivity contribution in [1.29, 1.82) is 0 Å². The van der Waals surface area contributed by atoms with E-state index in [0.717, 1.165) is 6.04 Å². The van der Waals surface area contributed by atoms with Gasteiger partial charge < -0.3 is 9.47 Å². The average Bonchev–Trinajstić information content (AvgIpc) is 2.75. The summed E-state index contributed by atoms with van der Waals surface area (Å²) < 4.78 is 2.16. The third-order valence-corrected chi connectivity index (χ3v) is 3.89. The van der Waals surface area contributed by atoms with Gasteiger partial charge in [-0.05, 0) is 50.4 Å². The largest absolute Gasteiger partial charge is 0.357 e. The first-order valence-corrected chi connectivity index (χ1v) is 7.14. The van der Waals surface area contributed by atoms with Crippen LogP contribution in [0.25, 0.3) is 0 Å². The second-order valence-electron chi connectivity index (χ2n) is 5.43. The standard InChI is InChI=1S/C15H26N2/c1-3-7-15(17-9-5-4-6-10-17)12-14-8-11-16(2)13-14/h8,11,13,15H,3-7,9-10,12H2,1-2H3. The second-order valence-corrected chi connectivity index (χ2v) is 5.43. The third-order valence-electron chi connectivity index (χ3n) is 3.89. The van der Waals surface area contributed by atoms with Crippen LogP contribution in [0.2, 0.25) is 0 Å². The van der Waals surface area contributed by atoms with Crippen molar-refractivity contribution in [2.75, 3.05) is 13.1 Å². The Hall–Kier alpha value is -0.760. The van der Waals surface area contributed by atoms with Crippen molar-refractivity contribution < 1.29 is 0 Å². The second kappa shape index (κ2) is 6.25. The maximum absolute atomic E-state index is 2.72. The molecule has 0 spiro atoms. The number of aryl methyl sites for hydroxylation is 1. The number of aromatic nitrogens is 1. The first-order chi connectivity index (χ1) is 8.29. The van der Waals surface area contributed by atoms with Crippen LogP contribution in [0.1, 0.15) is 44.6 Å². The molecule has 0 saturated carbocycles. The highest BCUT2D eigenvalue weighted by Crippen LogP contribution is 2.19. The lowest BCUT2D eigenvalue weighted by atomic mass is 9.99. The van der Waals surface area contributed by atoms with E-state index in [9.17, 15) is 0 Å². The first kappa shape index (κ1) is 12.7. The van der Waals surface area contributed by atoms with Crippen molar-refractivity contribution >= 4 is 0 Å². The molecular weight excluding hydrogens is 208 g/mol. The van der Waals surface area contributed by atoms with E-state index in [0.29, 0.717) is 0 Å². The topological polar surface area (TPSA) is 8.17 Å². The van der Waals surface area contributed by atoms with E-state index in [4.69, 9.17) is 0 Å². The Morgan fingerprint density at radius 2 is 2.00 bits per heavy atom. The van der Waals surface area contributed by atoms with E-state index in [2.05, 4.69) is 41.9 Å². The maximum Gasteiger partial charge on any atom is 0.0136 e. The predicted molar refractivity (Wildman–Crippen MR) is 73.2 cm³/mol. The summed E-state index contributed by atoms with van der Waals surface area (Å²) in [5, 5.41) is 0. The molecule has 0 N–H and O–H groups in total. The van der Waals surface area contributed by atoms with Gasteiger partial charge in [0.05, 0.1) is 0 Å². The quantitative estimate of drug-likeness (QED) is 0.759. The van der Waals surface area contributed by atoms with Gasteiger partial charge in [0.1, 0.15) is 0 Å². The Balaban J connectivity index is 1.95. The van der Waals surface area contributed by atoms with Crippen LogP contribution in [0, 0.1) is 0 Å². The lowest BCUT2D eigenvalue weighted by molar-refractivity contribution is 0.153.